The van der Waals surface area contributed by atoms with Gasteiger partial charge < -0.3 is 13.7 Å². The molecule has 2 aromatic rings. The number of hydrogen-bond donors (Lipinski definition) is 2. The van der Waals surface area contributed by atoms with Gasteiger partial charge in [0.15, 0.2) is 0 Å². The number of nitrogens with two attached hydrogens (primary N) is 1. The van der Waals surface area contributed by atoms with E-state index < -0.39 is 22.5 Å². The number of nitrogens with one attached hydrogen (secondary N) is 1. The number of rotatable bonds is 7. The van der Waals surface area contributed by atoms with Gasteiger partial charge in [-0.2, -0.15) is 0 Å². The van der Waals surface area contributed by atoms with Crippen molar-refractivity contribution in [1.82, 2.24) is 10.3 Å². The summed E-state index contributed by atoms with van der Waals surface area (Å²) in [4.78, 5) is 45.3. The topological polar surface area (TPSA) is 136 Å². The number of amidine groups is 1. The number of aliphatic imine (C=N–C) groups is 2. The summed E-state index contributed by atoms with van der Waals surface area (Å²) in [5.74, 6) is 3.77. The molecule has 0 saturated carbocycles. The molecule has 1 fully saturated rings. The zero-order chi connectivity index (χ0) is 23.4. The summed E-state index contributed by atoms with van der Waals surface area (Å²) in [5.41, 5.74) is 1.46. The van der Waals surface area contributed by atoms with Crippen LogP contribution in [0.3, 0.4) is 0 Å². The van der Waals surface area contributed by atoms with E-state index in [1.54, 1.807) is 0 Å². The molecule has 1 aromatic heterocycles. The van der Waals surface area contributed by atoms with E-state index in [0.29, 0.717) is 25.2 Å². The zero-order valence-corrected chi connectivity index (χ0v) is 19.2. The van der Waals surface area contributed by atoms with Crippen LogP contribution in [0.1, 0.15) is 22.2 Å². The highest BCUT2D eigenvalue weighted by molar-refractivity contribution is 8.41. The highest BCUT2D eigenvalue weighted by Crippen LogP contribution is 2.62. The molecule has 172 valence electrons. The van der Waals surface area contributed by atoms with Gasteiger partial charge in [0.2, 0.25) is 5.91 Å². The molecule has 0 unspecified atom stereocenters. The van der Waals surface area contributed by atoms with Crippen LogP contribution < -0.4 is 11.2 Å². The van der Waals surface area contributed by atoms with E-state index in [9.17, 15) is 14.4 Å². The number of benzene rings is 1. The maximum absolute atomic E-state index is 11.8. The maximum Gasteiger partial charge on any atom is 0.442 e. The molecular formula is C21H21N5O5S2. The van der Waals surface area contributed by atoms with E-state index in [0.717, 1.165) is 15.3 Å². The first-order valence-corrected chi connectivity index (χ1v) is 12.2. The standard InChI is InChI=1S/C21H21N5O5S2/c1-14(27)23-10-9-16-7-8-18(32-16)17-12-33(30-19(28)20(29)31-33)21(25-17)24-13-26(22)11-15-5-3-2-4-6-15/h2-8,12-13H,9-11,22H2,1H3,(H,23,27)/b24-13+. The highest BCUT2D eigenvalue weighted by atomic mass is 32.3. The summed E-state index contributed by atoms with van der Waals surface area (Å²) in [6.07, 6.45) is 2.01. The Hall–Kier alpha value is -3.48. The second kappa shape index (κ2) is 9.57. The Bertz CT molecular complexity index is 1160. The normalized spacial score (nSPS) is 17.5. The fourth-order valence-corrected chi connectivity index (χ4v) is 5.92. The molecule has 33 heavy (non-hydrogen) atoms. The van der Waals surface area contributed by atoms with Crippen LogP contribution in [-0.2, 0) is 35.7 Å². The van der Waals surface area contributed by atoms with Gasteiger partial charge in [0, 0.05) is 18.3 Å². The maximum atomic E-state index is 11.8. The summed E-state index contributed by atoms with van der Waals surface area (Å²) in [6.45, 7) is 2.38. The Labute approximate surface area is 195 Å². The smallest absolute Gasteiger partial charge is 0.356 e. The van der Waals surface area contributed by atoms with Crippen LogP contribution in [0, 0.1) is 0 Å². The minimum atomic E-state index is -2.89. The Morgan fingerprint density at radius 3 is 2.64 bits per heavy atom. The number of thiophene rings is 1. The van der Waals surface area contributed by atoms with E-state index >= 15 is 0 Å². The summed E-state index contributed by atoms with van der Waals surface area (Å²) in [6, 6.07) is 13.4. The molecular weight excluding hydrogens is 466 g/mol. The first-order valence-electron chi connectivity index (χ1n) is 9.88. The van der Waals surface area contributed by atoms with Crippen molar-refractivity contribution in [3.05, 3.63) is 63.2 Å². The minimum absolute atomic E-state index is 0.0633. The third-order valence-corrected chi connectivity index (χ3v) is 7.69. The van der Waals surface area contributed by atoms with Crippen molar-refractivity contribution < 1.29 is 22.7 Å². The molecule has 1 aromatic carbocycles. The molecule has 10 nitrogen and oxygen atoms in total. The van der Waals surface area contributed by atoms with Crippen LogP contribution in [0.4, 0.5) is 0 Å². The lowest BCUT2D eigenvalue weighted by Gasteiger charge is -2.26. The van der Waals surface area contributed by atoms with Gasteiger partial charge in [-0.25, -0.2) is 25.4 Å². The number of hydrazine groups is 1. The van der Waals surface area contributed by atoms with Crippen LogP contribution in [0.15, 0.2) is 57.9 Å². The molecule has 0 atom stereocenters. The van der Waals surface area contributed by atoms with Gasteiger partial charge in [0.1, 0.15) is 12.0 Å². The predicted molar refractivity (Wildman–Crippen MR) is 127 cm³/mol. The second-order valence-corrected chi connectivity index (χ2v) is 10.3. The van der Waals surface area contributed by atoms with E-state index in [1.165, 1.54) is 35.0 Å². The van der Waals surface area contributed by atoms with Gasteiger partial charge in [-0.1, -0.05) is 30.3 Å². The lowest BCUT2D eigenvalue weighted by Crippen LogP contribution is -2.29. The van der Waals surface area contributed by atoms with Crippen molar-refractivity contribution in [2.75, 3.05) is 6.54 Å². The molecule has 1 saturated heterocycles. The fourth-order valence-electron chi connectivity index (χ4n) is 3.01. The van der Waals surface area contributed by atoms with Crippen molar-refractivity contribution in [2.24, 2.45) is 15.8 Å². The van der Waals surface area contributed by atoms with Gasteiger partial charge in [-0.15, -0.1) is 11.3 Å². The predicted octanol–water partition coefficient (Wildman–Crippen LogP) is 2.23. The van der Waals surface area contributed by atoms with Gasteiger partial charge in [0.25, 0.3) is 5.17 Å². The molecule has 0 aliphatic carbocycles. The lowest BCUT2D eigenvalue weighted by molar-refractivity contribution is -0.150. The van der Waals surface area contributed by atoms with Crippen LogP contribution in [0.5, 0.6) is 0 Å². The average Bonchev–Trinajstić information content (AvgIpc) is 3.45. The van der Waals surface area contributed by atoms with Crippen molar-refractivity contribution in [1.29, 1.82) is 0 Å². The van der Waals surface area contributed by atoms with Gasteiger partial charge >= 0.3 is 11.9 Å². The quantitative estimate of drug-likeness (QED) is 0.201. The van der Waals surface area contributed by atoms with Crippen molar-refractivity contribution in [2.45, 2.75) is 19.9 Å². The summed E-state index contributed by atoms with van der Waals surface area (Å²) < 4.78 is 10.6. The van der Waals surface area contributed by atoms with E-state index in [-0.39, 0.29) is 11.1 Å². The number of hydrogen-bond acceptors (Lipinski definition) is 9. The fraction of sp³-hybridized carbons (Fsp3) is 0.190. The first-order chi connectivity index (χ1) is 15.8. The van der Waals surface area contributed by atoms with Crippen LogP contribution >= 0.6 is 21.9 Å². The zero-order valence-electron chi connectivity index (χ0n) is 17.6. The molecule has 3 N–H and O–H groups in total. The van der Waals surface area contributed by atoms with Crippen molar-refractivity contribution in [3.8, 4) is 0 Å². The molecule has 0 bridgehead atoms. The number of carbonyl (C=O) groups excluding carboxylic acids is 3. The highest BCUT2D eigenvalue weighted by Gasteiger charge is 2.47. The van der Waals surface area contributed by atoms with Crippen LogP contribution in [0.2, 0.25) is 0 Å². The third kappa shape index (κ3) is 5.30. The largest absolute Gasteiger partial charge is 0.442 e. The molecule has 1 spiro atoms. The molecule has 12 heteroatoms. The number of carbonyl (C=O) groups is 3. The Kier molecular flexibility index (Phi) is 6.58. The summed E-state index contributed by atoms with van der Waals surface area (Å²) >= 11 is 1.47. The molecule has 0 radical (unpaired) electrons. The van der Waals surface area contributed by atoms with Gasteiger partial charge in [-0.05, 0) is 34.7 Å². The van der Waals surface area contributed by atoms with E-state index in [1.807, 2.05) is 42.5 Å². The van der Waals surface area contributed by atoms with Gasteiger partial charge in [0.05, 0.1) is 16.8 Å². The monoisotopic (exact) mass is 487 g/mol. The van der Waals surface area contributed by atoms with E-state index in [2.05, 4.69) is 15.3 Å². The Morgan fingerprint density at radius 2 is 1.94 bits per heavy atom. The molecule has 3 heterocycles. The molecule has 4 rings (SSSR count). The first kappa shape index (κ1) is 22.7. The van der Waals surface area contributed by atoms with Gasteiger partial charge in [-0.3, -0.25) is 9.80 Å². The average molecular weight is 488 g/mol. The lowest BCUT2D eigenvalue weighted by atomic mass is 10.2. The number of nitrogens with zero attached hydrogens (tertiary/aromatic N) is 3. The molecule has 1 amide bonds. The van der Waals surface area contributed by atoms with E-state index in [4.69, 9.17) is 14.2 Å². The van der Waals surface area contributed by atoms with Crippen molar-refractivity contribution >= 4 is 57.0 Å². The van der Waals surface area contributed by atoms with Crippen molar-refractivity contribution in [3.63, 3.8) is 0 Å². The third-order valence-electron chi connectivity index (χ3n) is 4.49. The Balaban J connectivity index is 1.53. The summed E-state index contributed by atoms with van der Waals surface area (Å²) in [5, 5.41) is 5.70. The van der Waals surface area contributed by atoms with Crippen LogP contribution in [-0.4, -0.2) is 40.9 Å². The Morgan fingerprint density at radius 1 is 1.21 bits per heavy atom. The minimum Gasteiger partial charge on any atom is -0.356 e. The molecule has 2 aliphatic rings. The summed E-state index contributed by atoms with van der Waals surface area (Å²) in [7, 11) is -2.89. The molecule has 2 aliphatic heterocycles. The van der Waals surface area contributed by atoms with Crippen LogP contribution in [0.25, 0.3) is 5.70 Å². The SMILES string of the molecule is CC(=O)NCCc1ccc(C2=CS3(OC(=O)C(=O)O3)C(/N=C/N(N)Cc3ccccc3)=N2)s1. The second-order valence-electron chi connectivity index (χ2n) is 7.09. The number of amides is 1.